The Bertz CT molecular complexity index is 446. The second kappa shape index (κ2) is 5.13. The zero-order valence-electron chi connectivity index (χ0n) is 11.0. The molecule has 1 aromatic carbocycles. The van der Waals surface area contributed by atoms with Gasteiger partial charge < -0.3 is 4.90 Å². The fourth-order valence-corrected chi connectivity index (χ4v) is 3.16. The van der Waals surface area contributed by atoms with E-state index >= 15 is 0 Å². The molecule has 0 saturated carbocycles. The summed E-state index contributed by atoms with van der Waals surface area (Å²) in [5.74, 6) is 0.313. The summed E-state index contributed by atoms with van der Waals surface area (Å²) in [5.41, 5.74) is 4.16. The van der Waals surface area contributed by atoms with Gasteiger partial charge in [-0.05, 0) is 55.2 Å². The summed E-state index contributed by atoms with van der Waals surface area (Å²) in [6, 6.07) is 6.62. The number of fused-ring (bicyclic) bond motifs is 1. The zero-order chi connectivity index (χ0) is 12.4. The molecule has 1 aromatic rings. The standard InChI is InChI=1S/C16H21NO/c18-16(17-9-2-1-3-10-17)12-13-7-8-14-5-4-6-15(14)11-13/h7-8,11H,1-6,9-10,12H2. The largest absolute Gasteiger partial charge is 0.342 e. The first-order valence-electron chi connectivity index (χ1n) is 7.21. The molecule has 0 N–H and O–H groups in total. The highest BCUT2D eigenvalue weighted by Crippen LogP contribution is 2.23. The molecule has 1 amide bonds. The number of hydrogen-bond acceptors (Lipinski definition) is 1. The number of rotatable bonds is 2. The lowest BCUT2D eigenvalue weighted by atomic mass is 10.0. The average Bonchev–Trinajstić information content (AvgIpc) is 2.87. The van der Waals surface area contributed by atoms with Gasteiger partial charge in [0.2, 0.25) is 5.91 Å². The van der Waals surface area contributed by atoms with Crippen molar-refractivity contribution in [3.8, 4) is 0 Å². The molecule has 1 heterocycles. The van der Waals surface area contributed by atoms with Gasteiger partial charge in [-0.3, -0.25) is 4.79 Å². The predicted octanol–water partition coefficient (Wildman–Crippen LogP) is 2.73. The van der Waals surface area contributed by atoms with Crippen molar-refractivity contribution >= 4 is 5.91 Å². The number of nitrogens with zero attached hydrogens (tertiary/aromatic N) is 1. The molecule has 0 aromatic heterocycles. The Morgan fingerprint density at radius 3 is 2.61 bits per heavy atom. The van der Waals surface area contributed by atoms with Crippen LogP contribution in [0.3, 0.4) is 0 Å². The maximum absolute atomic E-state index is 12.2. The van der Waals surface area contributed by atoms with Gasteiger partial charge in [0.1, 0.15) is 0 Å². The number of carbonyl (C=O) groups is 1. The zero-order valence-corrected chi connectivity index (χ0v) is 11.0. The predicted molar refractivity (Wildman–Crippen MR) is 72.6 cm³/mol. The molecule has 0 unspecified atom stereocenters. The van der Waals surface area contributed by atoms with Gasteiger partial charge in [-0.15, -0.1) is 0 Å². The van der Waals surface area contributed by atoms with Crippen LogP contribution < -0.4 is 0 Å². The van der Waals surface area contributed by atoms with E-state index in [-0.39, 0.29) is 0 Å². The number of hydrogen-bond donors (Lipinski definition) is 0. The third-order valence-corrected chi connectivity index (χ3v) is 4.23. The third kappa shape index (κ3) is 2.43. The maximum Gasteiger partial charge on any atom is 0.226 e. The van der Waals surface area contributed by atoms with E-state index in [1.165, 1.54) is 55.2 Å². The molecule has 0 spiro atoms. The minimum atomic E-state index is 0.313. The molecule has 0 radical (unpaired) electrons. The van der Waals surface area contributed by atoms with E-state index in [1.54, 1.807) is 0 Å². The molecule has 1 saturated heterocycles. The second-order valence-corrected chi connectivity index (χ2v) is 5.57. The fourth-order valence-electron chi connectivity index (χ4n) is 3.16. The smallest absolute Gasteiger partial charge is 0.226 e. The van der Waals surface area contributed by atoms with Crippen LogP contribution in [0, 0.1) is 0 Å². The SMILES string of the molecule is O=C(Cc1ccc2c(c1)CCC2)N1CCCCC1. The molecular formula is C16H21NO. The summed E-state index contributed by atoms with van der Waals surface area (Å²) in [4.78, 5) is 14.2. The van der Waals surface area contributed by atoms with E-state index < -0.39 is 0 Å². The molecule has 3 rings (SSSR count). The van der Waals surface area contributed by atoms with Crippen molar-refractivity contribution in [3.05, 3.63) is 34.9 Å². The molecule has 1 aliphatic heterocycles. The second-order valence-electron chi connectivity index (χ2n) is 5.57. The third-order valence-electron chi connectivity index (χ3n) is 4.23. The van der Waals surface area contributed by atoms with Gasteiger partial charge in [0.25, 0.3) is 0 Å². The molecular weight excluding hydrogens is 222 g/mol. The van der Waals surface area contributed by atoms with Crippen molar-refractivity contribution in [2.24, 2.45) is 0 Å². The Labute approximate surface area is 109 Å². The Kier molecular flexibility index (Phi) is 3.35. The number of amides is 1. The van der Waals surface area contributed by atoms with Crippen LogP contribution >= 0.6 is 0 Å². The summed E-state index contributed by atoms with van der Waals surface area (Å²) in [5, 5.41) is 0. The maximum atomic E-state index is 12.2. The molecule has 2 aliphatic rings. The van der Waals surface area contributed by atoms with E-state index in [4.69, 9.17) is 0 Å². The van der Waals surface area contributed by atoms with Crippen molar-refractivity contribution in [2.45, 2.75) is 44.9 Å². The molecule has 2 heteroatoms. The molecule has 1 fully saturated rings. The lowest BCUT2D eigenvalue weighted by Gasteiger charge is -2.26. The van der Waals surface area contributed by atoms with Crippen LogP contribution in [0.1, 0.15) is 42.4 Å². The van der Waals surface area contributed by atoms with Gasteiger partial charge >= 0.3 is 0 Å². The number of aryl methyl sites for hydroxylation is 2. The van der Waals surface area contributed by atoms with Crippen LogP contribution in [-0.2, 0) is 24.1 Å². The lowest BCUT2D eigenvalue weighted by Crippen LogP contribution is -2.36. The van der Waals surface area contributed by atoms with Crippen LogP contribution in [0.2, 0.25) is 0 Å². The highest BCUT2D eigenvalue weighted by Gasteiger charge is 2.17. The van der Waals surface area contributed by atoms with E-state index in [2.05, 4.69) is 18.2 Å². The van der Waals surface area contributed by atoms with Crippen LogP contribution in [0.25, 0.3) is 0 Å². The van der Waals surface area contributed by atoms with Crippen molar-refractivity contribution in [1.29, 1.82) is 0 Å². The van der Waals surface area contributed by atoms with Gasteiger partial charge in [-0.25, -0.2) is 0 Å². The Morgan fingerprint density at radius 1 is 1.00 bits per heavy atom. The number of piperidine rings is 1. The van der Waals surface area contributed by atoms with E-state index in [9.17, 15) is 4.79 Å². The molecule has 0 bridgehead atoms. The van der Waals surface area contributed by atoms with Crippen LogP contribution in [-0.4, -0.2) is 23.9 Å². The van der Waals surface area contributed by atoms with Crippen molar-refractivity contribution in [3.63, 3.8) is 0 Å². The van der Waals surface area contributed by atoms with Crippen molar-refractivity contribution < 1.29 is 4.79 Å². The van der Waals surface area contributed by atoms with Gasteiger partial charge in [-0.2, -0.15) is 0 Å². The van der Waals surface area contributed by atoms with Gasteiger partial charge in [0.05, 0.1) is 6.42 Å². The highest BCUT2D eigenvalue weighted by atomic mass is 16.2. The summed E-state index contributed by atoms with van der Waals surface area (Å²) in [7, 11) is 0. The van der Waals surface area contributed by atoms with E-state index in [1.807, 2.05) is 4.90 Å². The van der Waals surface area contributed by atoms with E-state index in [0.717, 1.165) is 13.1 Å². The summed E-state index contributed by atoms with van der Waals surface area (Å²) < 4.78 is 0. The monoisotopic (exact) mass is 243 g/mol. The topological polar surface area (TPSA) is 20.3 Å². The molecule has 96 valence electrons. The Morgan fingerprint density at radius 2 is 1.78 bits per heavy atom. The van der Waals surface area contributed by atoms with Gasteiger partial charge in [0.15, 0.2) is 0 Å². The van der Waals surface area contributed by atoms with Crippen molar-refractivity contribution in [1.82, 2.24) is 4.90 Å². The van der Waals surface area contributed by atoms with Crippen LogP contribution in [0.5, 0.6) is 0 Å². The van der Waals surface area contributed by atoms with E-state index in [0.29, 0.717) is 12.3 Å². The molecule has 2 nitrogen and oxygen atoms in total. The minimum Gasteiger partial charge on any atom is -0.342 e. The summed E-state index contributed by atoms with van der Waals surface area (Å²) >= 11 is 0. The quantitative estimate of drug-likeness (QED) is 0.782. The first kappa shape index (κ1) is 11.8. The van der Waals surface area contributed by atoms with Crippen LogP contribution in [0.15, 0.2) is 18.2 Å². The normalized spacial score (nSPS) is 18.8. The fraction of sp³-hybridized carbons (Fsp3) is 0.562. The molecule has 0 atom stereocenters. The van der Waals surface area contributed by atoms with Gasteiger partial charge in [0, 0.05) is 13.1 Å². The summed E-state index contributed by atoms with van der Waals surface area (Å²) in [6.07, 6.45) is 7.91. The highest BCUT2D eigenvalue weighted by molar-refractivity contribution is 5.79. The lowest BCUT2D eigenvalue weighted by molar-refractivity contribution is -0.131. The minimum absolute atomic E-state index is 0.313. The van der Waals surface area contributed by atoms with Crippen molar-refractivity contribution in [2.75, 3.05) is 13.1 Å². The first-order valence-corrected chi connectivity index (χ1v) is 7.21. The van der Waals surface area contributed by atoms with Gasteiger partial charge in [-0.1, -0.05) is 18.2 Å². The number of likely N-dealkylation sites (tertiary alicyclic amines) is 1. The Hall–Kier alpha value is -1.31. The molecule has 18 heavy (non-hydrogen) atoms. The summed E-state index contributed by atoms with van der Waals surface area (Å²) in [6.45, 7) is 1.92. The van der Waals surface area contributed by atoms with Crippen LogP contribution in [0.4, 0.5) is 0 Å². The average molecular weight is 243 g/mol. The molecule has 1 aliphatic carbocycles. The first-order chi connectivity index (χ1) is 8.83. The Balaban J connectivity index is 1.66. The number of benzene rings is 1. The number of carbonyl (C=O) groups excluding carboxylic acids is 1.